The van der Waals surface area contributed by atoms with Crippen LogP contribution < -0.4 is 10.2 Å². The molecule has 1 fully saturated rings. The lowest BCUT2D eigenvalue weighted by atomic mass is 9.93. The molecule has 1 unspecified atom stereocenters. The van der Waals surface area contributed by atoms with E-state index < -0.39 is 5.41 Å². The zero-order valence-corrected chi connectivity index (χ0v) is 19.3. The van der Waals surface area contributed by atoms with E-state index in [9.17, 15) is 9.59 Å². The molecule has 0 spiro atoms. The normalized spacial score (nSPS) is 15.8. The first-order valence-electron chi connectivity index (χ1n) is 11.0. The van der Waals surface area contributed by atoms with Gasteiger partial charge < -0.3 is 15.1 Å². The van der Waals surface area contributed by atoms with E-state index in [0.29, 0.717) is 6.54 Å². The minimum absolute atomic E-state index is 0.121. The third-order valence-electron chi connectivity index (χ3n) is 5.92. The van der Waals surface area contributed by atoms with Crippen LogP contribution in [-0.2, 0) is 16.1 Å². The molecule has 0 bridgehead atoms. The van der Waals surface area contributed by atoms with Crippen LogP contribution in [0.3, 0.4) is 0 Å². The van der Waals surface area contributed by atoms with E-state index in [-0.39, 0.29) is 23.8 Å². The lowest BCUT2D eigenvalue weighted by Crippen LogP contribution is -2.44. The lowest BCUT2D eigenvalue weighted by molar-refractivity contribution is -0.142. The highest BCUT2D eigenvalue weighted by molar-refractivity contribution is 5.93. The Kier molecular flexibility index (Phi) is 7.73. The molecule has 162 valence electrons. The van der Waals surface area contributed by atoms with Gasteiger partial charge >= 0.3 is 0 Å². The van der Waals surface area contributed by atoms with E-state index in [1.165, 1.54) is 0 Å². The fourth-order valence-corrected chi connectivity index (χ4v) is 3.92. The molecule has 5 heteroatoms. The number of hydrogen-bond acceptors (Lipinski definition) is 3. The van der Waals surface area contributed by atoms with Gasteiger partial charge in [-0.05, 0) is 49.9 Å². The Hall–Kier alpha value is -2.04. The monoisotopic (exact) mass is 401 g/mol. The molecule has 0 aromatic heterocycles. The number of benzene rings is 1. The molecule has 0 radical (unpaired) electrons. The van der Waals surface area contributed by atoms with Crippen molar-refractivity contribution in [3.05, 3.63) is 23.8 Å². The van der Waals surface area contributed by atoms with Gasteiger partial charge in [0, 0.05) is 49.4 Å². The second-order valence-corrected chi connectivity index (χ2v) is 9.65. The Labute approximate surface area is 176 Å². The van der Waals surface area contributed by atoms with Gasteiger partial charge in [-0.3, -0.25) is 9.59 Å². The summed E-state index contributed by atoms with van der Waals surface area (Å²) < 4.78 is 0. The van der Waals surface area contributed by atoms with Crippen molar-refractivity contribution in [3.63, 3.8) is 0 Å². The van der Waals surface area contributed by atoms with Crippen molar-refractivity contribution in [2.45, 2.75) is 79.3 Å². The third kappa shape index (κ3) is 5.97. The van der Waals surface area contributed by atoms with Gasteiger partial charge in [-0.1, -0.05) is 40.5 Å². The fourth-order valence-electron chi connectivity index (χ4n) is 3.92. The van der Waals surface area contributed by atoms with Gasteiger partial charge in [0.25, 0.3) is 0 Å². The van der Waals surface area contributed by atoms with Gasteiger partial charge in [0.05, 0.1) is 0 Å². The van der Waals surface area contributed by atoms with Crippen LogP contribution in [0, 0.1) is 11.3 Å². The van der Waals surface area contributed by atoms with E-state index >= 15 is 0 Å². The maximum absolute atomic E-state index is 13.1. The van der Waals surface area contributed by atoms with Crippen LogP contribution in [0.2, 0.25) is 0 Å². The largest absolute Gasteiger partial charge is 0.377 e. The SMILES string of the molecule is CCC(C)N(Cc1cc(NC(=O)C2CCCC2)ccc1N(C)C)C(=O)C(C)(C)C. The lowest BCUT2D eigenvalue weighted by Gasteiger charge is -2.35. The molecule has 0 aliphatic heterocycles. The highest BCUT2D eigenvalue weighted by atomic mass is 16.2. The molecule has 1 aromatic rings. The van der Waals surface area contributed by atoms with Gasteiger partial charge in [0.15, 0.2) is 0 Å². The number of nitrogens with one attached hydrogen (secondary N) is 1. The van der Waals surface area contributed by atoms with Gasteiger partial charge in [-0.25, -0.2) is 0 Å². The predicted molar refractivity (Wildman–Crippen MR) is 121 cm³/mol. The maximum Gasteiger partial charge on any atom is 0.228 e. The molecular weight excluding hydrogens is 362 g/mol. The minimum atomic E-state index is -0.435. The second-order valence-electron chi connectivity index (χ2n) is 9.65. The van der Waals surface area contributed by atoms with E-state index in [1.807, 2.05) is 58.0 Å². The molecule has 1 N–H and O–H groups in total. The average Bonchev–Trinajstić information content (AvgIpc) is 3.19. The summed E-state index contributed by atoms with van der Waals surface area (Å²) in [6.07, 6.45) is 5.15. The first-order valence-corrected chi connectivity index (χ1v) is 11.0. The van der Waals surface area contributed by atoms with Crippen LogP contribution >= 0.6 is 0 Å². The van der Waals surface area contributed by atoms with Crippen LogP contribution in [0.4, 0.5) is 11.4 Å². The summed E-state index contributed by atoms with van der Waals surface area (Å²) in [5.41, 5.74) is 2.50. The summed E-state index contributed by atoms with van der Waals surface area (Å²) in [5.74, 6) is 0.401. The van der Waals surface area contributed by atoms with Crippen molar-refractivity contribution < 1.29 is 9.59 Å². The van der Waals surface area contributed by atoms with Crippen molar-refractivity contribution in [1.29, 1.82) is 0 Å². The molecule has 2 amide bonds. The van der Waals surface area contributed by atoms with Crippen molar-refractivity contribution in [2.24, 2.45) is 11.3 Å². The summed E-state index contributed by atoms with van der Waals surface area (Å²) in [5, 5.41) is 3.11. The van der Waals surface area contributed by atoms with Crippen LogP contribution in [-0.4, -0.2) is 36.9 Å². The standard InChI is InChI=1S/C24H39N3O2/c1-8-17(2)27(23(29)24(3,4)5)16-19-15-20(13-14-21(19)26(6)7)25-22(28)18-11-9-10-12-18/h13-15,17-18H,8-12,16H2,1-7H3,(H,25,28). The Morgan fingerprint density at radius 2 is 1.79 bits per heavy atom. The van der Waals surface area contributed by atoms with E-state index in [2.05, 4.69) is 24.1 Å². The van der Waals surface area contributed by atoms with Crippen LogP contribution in [0.15, 0.2) is 18.2 Å². The molecule has 1 aromatic carbocycles. The Bertz CT molecular complexity index is 715. The molecule has 5 nitrogen and oxygen atoms in total. The van der Waals surface area contributed by atoms with Crippen LogP contribution in [0.25, 0.3) is 0 Å². The van der Waals surface area contributed by atoms with Crippen molar-refractivity contribution in [3.8, 4) is 0 Å². The number of anilines is 2. The first kappa shape index (κ1) is 23.2. The highest BCUT2D eigenvalue weighted by Crippen LogP contribution is 2.30. The van der Waals surface area contributed by atoms with Gasteiger partial charge in [-0.15, -0.1) is 0 Å². The molecule has 0 saturated heterocycles. The van der Waals surface area contributed by atoms with E-state index in [0.717, 1.165) is 49.0 Å². The Morgan fingerprint density at radius 3 is 2.31 bits per heavy atom. The summed E-state index contributed by atoms with van der Waals surface area (Å²) in [4.78, 5) is 29.7. The number of amides is 2. The molecule has 1 saturated carbocycles. The Balaban J connectivity index is 2.31. The quantitative estimate of drug-likeness (QED) is 0.695. The van der Waals surface area contributed by atoms with Crippen molar-refractivity contribution in [1.82, 2.24) is 4.90 Å². The van der Waals surface area contributed by atoms with Crippen molar-refractivity contribution in [2.75, 3.05) is 24.3 Å². The summed E-state index contributed by atoms with van der Waals surface area (Å²) in [6.45, 7) is 10.6. The predicted octanol–water partition coefficient (Wildman–Crippen LogP) is 5.05. The van der Waals surface area contributed by atoms with Crippen molar-refractivity contribution >= 4 is 23.2 Å². The maximum atomic E-state index is 13.1. The van der Waals surface area contributed by atoms with Gasteiger partial charge in [0.1, 0.15) is 0 Å². The average molecular weight is 402 g/mol. The Morgan fingerprint density at radius 1 is 1.17 bits per heavy atom. The van der Waals surface area contributed by atoms with E-state index in [4.69, 9.17) is 0 Å². The van der Waals surface area contributed by atoms with E-state index in [1.54, 1.807) is 0 Å². The zero-order chi connectivity index (χ0) is 21.8. The second kappa shape index (κ2) is 9.64. The molecule has 1 aliphatic rings. The molecule has 0 heterocycles. The highest BCUT2D eigenvalue weighted by Gasteiger charge is 2.30. The topological polar surface area (TPSA) is 52.7 Å². The molecule has 1 aliphatic carbocycles. The van der Waals surface area contributed by atoms with Gasteiger partial charge in [0.2, 0.25) is 11.8 Å². The fraction of sp³-hybridized carbons (Fsp3) is 0.667. The molecule has 1 atom stereocenters. The zero-order valence-electron chi connectivity index (χ0n) is 19.3. The number of carbonyl (C=O) groups excluding carboxylic acids is 2. The summed E-state index contributed by atoms with van der Waals surface area (Å²) >= 11 is 0. The summed E-state index contributed by atoms with van der Waals surface area (Å²) in [7, 11) is 4.02. The number of rotatable bonds is 7. The first-order chi connectivity index (χ1) is 13.5. The van der Waals surface area contributed by atoms with Crippen LogP contribution in [0.5, 0.6) is 0 Å². The molecule has 29 heavy (non-hydrogen) atoms. The van der Waals surface area contributed by atoms with Gasteiger partial charge in [-0.2, -0.15) is 0 Å². The number of hydrogen-bond donors (Lipinski definition) is 1. The molecule has 2 rings (SSSR count). The minimum Gasteiger partial charge on any atom is -0.377 e. The van der Waals surface area contributed by atoms with Crippen LogP contribution in [0.1, 0.15) is 72.3 Å². The summed E-state index contributed by atoms with van der Waals surface area (Å²) in [6, 6.07) is 6.18. The molecular formula is C24H39N3O2. The number of carbonyl (C=O) groups is 2. The smallest absolute Gasteiger partial charge is 0.228 e. The number of nitrogens with zero attached hydrogens (tertiary/aromatic N) is 2. The third-order valence-corrected chi connectivity index (χ3v) is 5.92.